The minimum Gasteiger partial charge on any atom is -0.497 e. The second-order valence-electron chi connectivity index (χ2n) is 5.98. The summed E-state index contributed by atoms with van der Waals surface area (Å²) >= 11 is 0. The number of carbonyl (C=O) groups is 1. The first-order valence-electron chi connectivity index (χ1n) is 8.01. The maximum atomic E-state index is 12.0. The Labute approximate surface area is 139 Å². The molecule has 1 saturated carbocycles. The van der Waals surface area contributed by atoms with Gasteiger partial charge in [0.05, 0.1) is 13.5 Å². The number of methoxy groups -OCH3 is 1. The van der Waals surface area contributed by atoms with Gasteiger partial charge in [0.2, 0.25) is 0 Å². The molecular weight excluding hydrogens is 304 g/mol. The van der Waals surface area contributed by atoms with Crippen LogP contribution >= 0.6 is 0 Å². The molecule has 122 valence electrons. The Bertz CT molecular complexity index is 899. The second-order valence-corrected chi connectivity index (χ2v) is 5.98. The van der Waals surface area contributed by atoms with Crippen molar-refractivity contribution >= 4 is 22.9 Å². The Balaban J connectivity index is 1.62. The van der Waals surface area contributed by atoms with Crippen molar-refractivity contribution in [1.82, 2.24) is 14.6 Å². The first-order chi connectivity index (χ1) is 11.7. The van der Waals surface area contributed by atoms with Crippen LogP contribution in [0.1, 0.15) is 18.7 Å². The molecule has 4 rings (SSSR count). The highest BCUT2D eigenvalue weighted by molar-refractivity contribution is 5.84. The summed E-state index contributed by atoms with van der Waals surface area (Å²) < 4.78 is 6.98. The summed E-state index contributed by atoms with van der Waals surface area (Å²) in [4.78, 5) is 16.4. The maximum absolute atomic E-state index is 12.0. The lowest BCUT2D eigenvalue weighted by atomic mass is 10.2. The largest absolute Gasteiger partial charge is 0.497 e. The first-order valence-corrected chi connectivity index (χ1v) is 8.01. The van der Waals surface area contributed by atoms with Crippen LogP contribution < -0.4 is 10.1 Å². The van der Waals surface area contributed by atoms with Crippen LogP contribution in [0.25, 0.3) is 5.65 Å². The Morgan fingerprint density at radius 1 is 1.29 bits per heavy atom. The van der Waals surface area contributed by atoms with Gasteiger partial charge < -0.3 is 10.1 Å². The standard InChI is InChI=1S/C18H18N4O2/c1-24-14-5-2-4-13(10-14)19-17-6-3-7-18-20-16(21-22(17)18)11-15(23)12-8-9-12/h2-7,10,12,19H,8-9,11H2,1H3. The second kappa shape index (κ2) is 5.96. The van der Waals surface area contributed by atoms with Crippen molar-refractivity contribution < 1.29 is 9.53 Å². The summed E-state index contributed by atoms with van der Waals surface area (Å²) in [7, 11) is 1.64. The average molecular weight is 322 g/mol. The molecule has 2 aromatic heterocycles. The van der Waals surface area contributed by atoms with Gasteiger partial charge in [-0.1, -0.05) is 12.1 Å². The van der Waals surface area contributed by atoms with Gasteiger partial charge in [0.1, 0.15) is 17.4 Å². The predicted octanol–water partition coefficient (Wildman–Crippen LogP) is 3.00. The van der Waals surface area contributed by atoms with Crippen LogP contribution in [-0.4, -0.2) is 27.5 Å². The molecule has 0 unspecified atom stereocenters. The molecule has 3 aromatic rings. The number of ketones is 1. The smallest absolute Gasteiger partial charge is 0.159 e. The van der Waals surface area contributed by atoms with E-state index in [4.69, 9.17) is 4.74 Å². The predicted molar refractivity (Wildman–Crippen MR) is 90.7 cm³/mol. The van der Waals surface area contributed by atoms with Crippen LogP contribution in [-0.2, 0) is 11.2 Å². The van der Waals surface area contributed by atoms with E-state index >= 15 is 0 Å². The number of hydrogen-bond donors (Lipinski definition) is 1. The molecule has 1 fully saturated rings. The number of fused-ring (bicyclic) bond motifs is 1. The van der Waals surface area contributed by atoms with Crippen LogP contribution in [0.4, 0.5) is 11.5 Å². The van der Waals surface area contributed by atoms with Crippen LogP contribution in [0, 0.1) is 5.92 Å². The number of carbonyl (C=O) groups excluding carboxylic acids is 1. The SMILES string of the molecule is COc1cccc(Nc2cccc3nc(CC(=O)C4CC4)nn23)c1. The third-order valence-corrected chi connectivity index (χ3v) is 4.11. The van der Waals surface area contributed by atoms with E-state index in [2.05, 4.69) is 15.4 Å². The summed E-state index contributed by atoms with van der Waals surface area (Å²) in [6, 6.07) is 13.4. The van der Waals surface area contributed by atoms with Crippen molar-refractivity contribution in [1.29, 1.82) is 0 Å². The number of nitrogens with zero attached hydrogens (tertiary/aromatic N) is 3. The fraction of sp³-hybridized carbons (Fsp3) is 0.278. The Hall–Kier alpha value is -2.89. The van der Waals surface area contributed by atoms with Crippen molar-refractivity contribution in [3.63, 3.8) is 0 Å². The van der Waals surface area contributed by atoms with Crippen molar-refractivity contribution in [2.75, 3.05) is 12.4 Å². The molecule has 0 amide bonds. The molecule has 0 radical (unpaired) electrons. The highest BCUT2D eigenvalue weighted by atomic mass is 16.5. The number of anilines is 2. The van der Waals surface area contributed by atoms with E-state index in [0.29, 0.717) is 12.2 Å². The summed E-state index contributed by atoms with van der Waals surface area (Å²) in [6.07, 6.45) is 2.33. The molecule has 6 nitrogen and oxygen atoms in total. The van der Waals surface area contributed by atoms with Gasteiger partial charge in [0, 0.05) is 17.7 Å². The van der Waals surface area contributed by atoms with Gasteiger partial charge in [-0.2, -0.15) is 4.52 Å². The molecule has 0 saturated heterocycles. The zero-order valence-corrected chi connectivity index (χ0v) is 13.4. The number of ether oxygens (including phenoxy) is 1. The Morgan fingerprint density at radius 2 is 2.12 bits per heavy atom. The number of hydrogen-bond acceptors (Lipinski definition) is 5. The van der Waals surface area contributed by atoms with E-state index in [9.17, 15) is 4.79 Å². The molecule has 24 heavy (non-hydrogen) atoms. The first kappa shape index (κ1) is 14.7. The average Bonchev–Trinajstić information content (AvgIpc) is 3.36. The lowest BCUT2D eigenvalue weighted by Crippen LogP contribution is -2.06. The molecule has 6 heteroatoms. The van der Waals surface area contributed by atoms with Gasteiger partial charge in [-0.3, -0.25) is 4.79 Å². The van der Waals surface area contributed by atoms with Gasteiger partial charge in [-0.05, 0) is 37.1 Å². The fourth-order valence-electron chi connectivity index (χ4n) is 2.67. The van der Waals surface area contributed by atoms with Gasteiger partial charge in [0.15, 0.2) is 11.5 Å². The molecular formula is C18H18N4O2. The number of rotatable bonds is 6. The number of aromatic nitrogens is 3. The molecule has 0 aliphatic heterocycles. The Morgan fingerprint density at radius 3 is 2.92 bits per heavy atom. The molecule has 2 heterocycles. The van der Waals surface area contributed by atoms with Crippen molar-refractivity contribution in [3.8, 4) is 5.75 Å². The van der Waals surface area contributed by atoms with E-state index in [-0.39, 0.29) is 11.7 Å². The molecule has 1 N–H and O–H groups in total. The molecule has 0 spiro atoms. The van der Waals surface area contributed by atoms with Crippen LogP contribution in [0.5, 0.6) is 5.75 Å². The highest BCUT2D eigenvalue weighted by Gasteiger charge is 2.30. The Kier molecular flexibility index (Phi) is 3.65. The van der Waals surface area contributed by atoms with Crippen molar-refractivity contribution in [3.05, 3.63) is 48.3 Å². The van der Waals surface area contributed by atoms with Crippen molar-refractivity contribution in [2.24, 2.45) is 5.92 Å². The molecule has 0 atom stereocenters. The zero-order valence-electron chi connectivity index (χ0n) is 13.4. The monoisotopic (exact) mass is 322 g/mol. The summed E-state index contributed by atoms with van der Waals surface area (Å²) in [5.74, 6) is 2.62. The van der Waals surface area contributed by atoms with Gasteiger partial charge in [-0.25, -0.2) is 4.98 Å². The maximum Gasteiger partial charge on any atom is 0.159 e. The summed E-state index contributed by atoms with van der Waals surface area (Å²) in [6.45, 7) is 0. The van der Waals surface area contributed by atoms with Crippen LogP contribution in [0.2, 0.25) is 0 Å². The molecule has 1 aromatic carbocycles. The molecule has 1 aliphatic rings. The minimum atomic E-state index is 0.228. The van der Waals surface area contributed by atoms with Crippen molar-refractivity contribution in [2.45, 2.75) is 19.3 Å². The fourth-order valence-corrected chi connectivity index (χ4v) is 2.67. The van der Waals surface area contributed by atoms with Crippen LogP contribution in [0.15, 0.2) is 42.5 Å². The van der Waals surface area contributed by atoms with Gasteiger partial charge in [0.25, 0.3) is 0 Å². The van der Waals surface area contributed by atoms with E-state index < -0.39 is 0 Å². The third-order valence-electron chi connectivity index (χ3n) is 4.11. The normalized spacial score (nSPS) is 13.9. The highest BCUT2D eigenvalue weighted by Crippen LogP contribution is 2.30. The number of benzene rings is 1. The molecule has 1 aliphatic carbocycles. The summed E-state index contributed by atoms with van der Waals surface area (Å²) in [5, 5.41) is 7.81. The minimum absolute atomic E-state index is 0.228. The van der Waals surface area contributed by atoms with Crippen LogP contribution in [0.3, 0.4) is 0 Å². The molecule has 0 bridgehead atoms. The lowest BCUT2D eigenvalue weighted by molar-refractivity contribution is -0.119. The van der Waals surface area contributed by atoms with Gasteiger partial charge >= 0.3 is 0 Å². The lowest BCUT2D eigenvalue weighted by Gasteiger charge is -2.09. The van der Waals surface area contributed by atoms with E-state index in [0.717, 1.165) is 35.7 Å². The van der Waals surface area contributed by atoms with E-state index in [1.807, 2.05) is 42.5 Å². The van der Waals surface area contributed by atoms with E-state index in [1.165, 1.54) is 0 Å². The third kappa shape index (κ3) is 2.95. The quantitative estimate of drug-likeness (QED) is 0.755. The zero-order chi connectivity index (χ0) is 16.5. The topological polar surface area (TPSA) is 68.5 Å². The van der Waals surface area contributed by atoms with Gasteiger partial charge in [-0.15, -0.1) is 5.10 Å². The number of Topliss-reactive ketones (excluding diaryl/α,β-unsaturated/α-hetero) is 1. The summed E-state index contributed by atoms with van der Waals surface area (Å²) in [5.41, 5.74) is 1.62. The van der Waals surface area contributed by atoms with E-state index in [1.54, 1.807) is 11.6 Å². The number of nitrogens with one attached hydrogen (secondary N) is 1. The number of pyridine rings is 1.